The fourth-order valence-electron chi connectivity index (χ4n) is 2.74. The lowest BCUT2D eigenvalue weighted by atomic mass is 10.2. The van der Waals surface area contributed by atoms with Crippen molar-refractivity contribution in [2.24, 2.45) is 0 Å². The van der Waals surface area contributed by atoms with Crippen molar-refractivity contribution in [1.29, 1.82) is 0 Å². The third-order valence-electron chi connectivity index (χ3n) is 4.12. The number of benzene rings is 1. The quantitative estimate of drug-likeness (QED) is 0.671. The van der Waals surface area contributed by atoms with E-state index in [-0.39, 0.29) is 24.5 Å². The SMILES string of the molecule is O=C(CNCC1CCCO1)Nc1ccc(C(=O)NCc2ccco2)cc1. The van der Waals surface area contributed by atoms with E-state index in [0.29, 0.717) is 30.1 Å². The molecule has 1 aliphatic heterocycles. The molecular weight excluding hydrogens is 334 g/mol. The van der Waals surface area contributed by atoms with E-state index in [1.54, 1.807) is 42.7 Å². The highest BCUT2D eigenvalue weighted by Crippen LogP contribution is 2.11. The average Bonchev–Trinajstić information content (AvgIpc) is 3.34. The molecule has 26 heavy (non-hydrogen) atoms. The molecule has 3 N–H and O–H groups in total. The summed E-state index contributed by atoms with van der Waals surface area (Å²) in [6.07, 6.45) is 3.90. The van der Waals surface area contributed by atoms with E-state index in [0.717, 1.165) is 19.4 Å². The Morgan fingerprint density at radius 2 is 2.00 bits per heavy atom. The standard InChI is InChI=1S/C19H23N3O4/c23-18(13-20-11-16-3-1-9-25-16)22-15-7-5-14(6-8-15)19(24)21-12-17-4-2-10-26-17/h2,4-8,10,16,20H,1,3,9,11-13H2,(H,21,24)(H,22,23). The molecule has 1 aliphatic rings. The lowest BCUT2D eigenvalue weighted by molar-refractivity contribution is -0.115. The van der Waals surface area contributed by atoms with Crippen LogP contribution in [0.15, 0.2) is 47.1 Å². The molecule has 7 nitrogen and oxygen atoms in total. The molecule has 1 aromatic carbocycles. The van der Waals surface area contributed by atoms with Crippen molar-refractivity contribution >= 4 is 17.5 Å². The topological polar surface area (TPSA) is 92.6 Å². The first-order valence-corrected chi connectivity index (χ1v) is 8.73. The van der Waals surface area contributed by atoms with Gasteiger partial charge >= 0.3 is 0 Å². The van der Waals surface area contributed by atoms with Crippen molar-refractivity contribution in [1.82, 2.24) is 10.6 Å². The molecule has 3 rings (SSSR count). The summed E-state index contributed by atoms with van der Waals surface area (Å²) in [6.45, 7) is 2.05. The molecule has 1 aromatic heterocycles. The Morgan fingerprint density at radius 3 is 2.69 bits per heavy atom. The van der Waals surface area contributed by atoms with Crippen LogP contribution in [0, 0.1) is 0 Å². The Morgan fingerprint density at radius 1 is 1.15 bits per heavy atom. The van der Waals surface area contributed by atoms with Gasteiger partial charge in [0.1, 0.15) is 5.76 Å². The Hall–Kier alpha value is -2.64. The molecule has 1 unspecified atom stereocenters. The van der Waals surface area contributed by atoms with Crippen LogP contribution < -0.4 is 16.0 Å². The lowest BCUT2D eigenvalue weighted by Gasteiger charge is -2.11. The first-order chi connectivity index (χ1) is 12.7. The molecule has 2 amide bonds. The average molecular weight is 357 g/mol. The summed E-state index contributed by atoms with van der Waals surface area (Å²) in [5.74, 6) is 0.369. The van der Waals surface area contributed by atoms with E-state index in [2.05, 4.69) is 16.0 Å². The normalized spacial score (nSPS) is 16.4. The second-order valence-corrected chi connectivity index (χ2v) is 6.15. The number of rotatable bonds is 8. The third-order valence-corrected chi connectivity index (χ3v) is 4.12. The monoisotopic (exact) mass is 357 g/mol. The van der Waals surface area contributed by atoms with Gasteiger partial charge in [-0.15, -0.1) is 0 Å². The van der Waals surface area contributed by atoms with Crippen LogP contribution in [0.25, 0.3) is 0 Å². The highest BCUT2D eigenvalue weighted by atomic mass is 16.5. The van der Waals surface area contributed by atoms with Gasteiger partial charge in [-0.05, 0) is 49.2 Å². The first-order valence-electron chi connectivity index (χ1n) is 8.73. The van der Waals surface area contributed by atoms with Crippen molar-refractivity contribution in [3.63, 3.8) is 0 Å². The molecular formula is C19H23N3O4. The van der Waals surface area contributed by atoms with Gasteiger partial charge in [0.25, 0.3) is 5.91 Å². The van der Waals surface area contributed by atoms with Crippen LogP contribution in [-0.4, -0.2) is 37.6 Å². The van der Waals surface area contributed by atoms with Gasteiger partial charge in [0.2, 0.25) is 5.91 Å². The number of carbonyl (C=O) groups excluding carboxylic acids is 2. The van der Waals surface area contributed by atoms with Crippen LogP contribution in [0.4, 0.5) is 5.69 Å². The third kappa shape index (κ3) is 5.44. The van der Waals surface area contributed by atoms with Crippen LogP contribution in [0.3, 0.4) is 0 Å². The van der Waals surface area contributed by atoms with Crippen LogP contribution in [0.1, 0.15) is 29.0 Å². The fourth-order valence-corrected chi connectivity index (χ4v) is 2.74. The molecule has 2 aromatic rings. The molecule has 1 fully saturated rings. The summed E-state index contributed by atoms with van der Waals surface area (Å²) in [6, 6.07) is 10.3. The van der Waals surface area contributed by atoms with Crippen molar-refractivity contribution in [3.8, 4) is 0 Å². The zero-order valence-corrected chi connectivity index (χ0v) is 14.5. The zero-order chi connectivity index (χ0) is 18.2. The molecule has 138 valence electrons. The van der Waals surface area contributed by atoms with Gasteiger partial charge in [-0.3, -0.25) is 9.59 Å². The Balaban J connectivity index is 1.40. The van der Waals surface area contributed by atoms with Crippen molar-refractivity contribution in [2.75, 3.05) is 25.0 Å². The van der Waals surface area contributed by atoms with Crippen molar-refractivity contribution in [3.05, 3.63) is 54.0 Å². The highest BCUT2D eigenvalue weighted by Gasteiger charge is 2.15. The molecule has 1 saturated heterocycles. The van der Waals surface area contributed by atoms with Gasteiger partial charge in [-0.1, -0.05) is 0 Å². The summed E-state index contributed by atoms with van der Waals surface area (Å²) in [5.41, 5.74) is 1.17. The van der Waals surface area contributed by atoms with E-state index in [1.807, 2.05) is 0 Å². The summed E-state index contributed by atoms with van der Waals surface area (Å²) in [7, 11) is 0. The zero-order valence-electron chi connectivity index (χ0n) is 14.5. The fraction of sp³-hybridized carbons (Fsp3) is 0.368. The largest absolute Gasteiger partial charge is 0.467 e. The molecule has 0 bridgehead atoms. The highest BCUT2D eigenvalue weighted by molar-refractivity contribution is 5.96. The predicted molar refractivity (Wildman–Crippen MR) is 96.8 cm³/mol. The number of ether oxygens (including phenoxy) is 1. The lowest BCUT2D eigenvalue weighted by Crippen LogP contribution is -2.33. The molecule has 0 radical (unpaired) electrons. The maximum absolute atomic E-state index is 12.1. The second kappa shape index (κ2) is 9.17. The van der Waals surface area contributed by atoms with Crippen molar-refractivity contribution in [2.45, 2.75) is 25.5 Å². The summed E-state index contributed by atoms with van der Waals surface area (Å²) < 4.78 is 10.7. The van der Waals surface area contributed by atoms with Crippen LogP contribution >= 0.6 is 0 Å². The first kappa shape index (κ1) is 18.2. The minimum Gasteiger partial charge on any atom is -0.467 e. The van der Waals surface area contributed by atoms with E-state index < -0.39 is 0 Å². The minimum atomic E-state index is -0.197. The van der Waals surface area contributed by atoms with Crippen LogP contribution in [0.5, 0.6) is 0 Å². The number of nitrogens with one attached hydrogen (secondary N) is 3. The minimum absolute atomic E-state index is 0.127. The Bertz CT molecular complexity index is 707. The number of anilines is 1. The summed E-state index contributed by atoms with van der Waals surface area (Å²) in [4.78, 5) is 24.0. The second-order valence-electron chi connectivity index (χ2n) is 6.15. The van der Waals surface area contributed by atoms with Crippen molar-refractivity contribution < 1.29 is 18.7 Å². The number of hydrogen-bond acceptors (Lipinski definition) is 5. The molecule has 2 heterocycles. The van der Waals surface area contributed by atoms with E-state index in [1.165, 1.54) is 0 Å². The molecule has 0 saturated carbocycles. The Kier molecular flexibility index (Phi) is 6.40. The van der Waals surface area contributed by atoms with E-state index >= 15 is 0 Å². The smallest absolute Gasteiger partial charge is 0.251 e. The molecule has 7 heteroatoms. The molecule has 1 atom stereocenters. The number of furan rings is 1. The van der Waals surface area contributed by atoms with Crippen LogP contribution in [-0.2, 0) is 16.1 Å². The maximum atomic E-state index is 12.1. The number of amides is 2. The van der Waals surface area contributed by atoms with Gasteiger partial charge in [-0.25, -0.2) is 0 Å². The summed E-state index contributed by atoms with van der Waals surface area (Å²) in [5, 5.41) is 8.67. The molecule has 0 aliphatic carbocycles. The van der Waals surface area contributed by atoms with Gasteiger partial charge < -0.3 is 25.1 Å². The van der Waals surface area contributed by atoms with E-state index in [9.17, 15) is 9.59 Å². The number of carbonyl (C=O) groups is 2. The van der Waals surface area contributed by atoms with Gasteiger partial charge in [0, 0.05) is 24.4 Å². The maximum Gasteiger partial charge on any atom is 0.251 e. The van der Waals surface area contributed by atoms with Gasteiger partial charge in [-0.2, -0.15) is 0 Å². The summed E-state index contributed by atoms with van der Waals surface area (Å²) >= 11 is 0. The number of hydrogen-bond donors (Lipinski definition) is 3. The van der Waals surface area contributed by atoms with E-state index in [4.69, 9.17) is 9.15 Å². The molecule has 0 spiro atoms. The van der Waals surface area contributed by atoms with Gasteiger partial charge in [0.15, 0.2) is 0 Å². The predicted octanol–water partition coefficient (Wildman–Crippen LogP) is 1.92. The van der Waals surface area contributed by atoms with Gasteiger partial charge in [0.05, 0.1) is 25.5 Å². The van der Waals surface area contributed by atoms with Crippen LogP contribution in [0.2, 0.25) is 0 Å². The Labute approximate surface area is 152 Å².